The first kappa shape index (κ1) is 17.7. The molecule has 1 aromatic carbocycles. The molecule has 1 aliphatic rings. The van der Waals surface area contributed by atoms with E-state index in [2.05, 4.69) is 4.98 Å². The predicted molar refractivity (Wildman–Crippen MR) is 98.6 cm³/mol. The van der Waals surface area contributed by atoms with Crippen LogP contribution in [0.3, 0.4) is 0 Å². The van der Waals surface area contributed by atoms with Gasteiger partial charge in [-0.1, -0.05) is 17.7 Å². The highest BCUT2D eigenvalue weighted by Gasteiger charge is 2.27. The van der Waals surface area contributed by atoms with Crippen molar-refractivity contribution in [2.75, 3.05) is 19.1 Å². The van der Waals surface area contributed by atoms with Gasteiger partial charge < -0.3 is 14.4 Å². The average Bonchev–Trinajstić information content (AvgIpc) is 2.89. The Labute approximate surface area is 155 Å². The first-order valence-electron chi connectivity index (χ1n) is 7.66. The van der Waals surface area contributed by atoms with Crippen molar-refractivity contribution in [3.8, 4) is 0 Å². The number of hydrogen-bond donors (Lipinski definition) is 0. The first-order chi connectivity index (χ1) is 12.6. The lowest BCUT2D eigenvalue weighted by Crippen LogP contribution is -2.26. The van der Waals surface area contributed by atoms with E-state index >= 15 is 0 Å². The van der Waals surface area contributed by atoms with Crippen molar-refractivity contribution in [3.05, 3.63) is 71.3 Å². The molecule has 26 heavy (non-hydrogen) atoms. The molecule has 0 radical (unpaired) electrons. The minimum Gasteiger partial charge on any atom is -0.465 e. The van der Waals surface area contributed by atoms with Crippen LogP contribution in [0.1, 0.15) is 0 Å². The van der Waals surface area contributed by atoms with Crippen LogP contribution in [-0.4, -0.2) is 31.1 Å². The van der Waals surface area contributed by atoms with Crippen LogP contribution < -0.4 is 4.90 Å². The number of rotatable bonds is 3. The first-order valence-corrected chi connectivity index (χ1v) is 8.04. The molecule has 1 aliphatic heterocycles. The third-order valence-corrected chi connectivity index (χ3v) is 4.17. The van der Waals surface area contributed by atoms with Gasteiger partial charge in [0.1, 0.15) is 10.9 Å². The summed E-state index contributed by atoms with van der Waals surface area (Å²) >= 11 is 6.11. The van der Waals surface area contributed by atoms with E-state index in [-0.39, 0.29) is 11.3 Å². The molecule has 2 aromatic rings. The number of anilines is 1. The van der Waals surface area contributed by atoms with Crippen molar-refractivity contribution < 1.29 is 19.1 Å². The van der Waals surface area contributed by atoms with Gasteiger partial charge in [0, 0.05) is 23.5 Å². The van der Waals surface area contributed by atoms with E-state index in [1.54, 1.807) is 41.6 Å². The van der Waals surface area contributed by atoms with Crippen molar-refractivity contribution in [2.24, 2.45) is 0 Å². The largest absolute Gasteiger partial charge is 0.465 e. The van der Waals surface area contributed by atoms with Gasteiger partial charge in [0.25, 0.3) is 0 Å². The van der Waals surface area contributed by atoms with Gasteiger partial charge in [0.2, 0.25) is 0 Å². The van der Waals surface area contributed by atoms with E-state index < -0.39 is 11.9 Å². The highest BCUT2D eigenvalue weighted by atomic mass is 35.5. The number of fused-ring (bicyclic) bond motifs is 1. The Morgan fingerprint density at radius 3 is 2.58 bits per heavy atom. The molecule has 0 amide bonds. The number of aromatic nitrogens is 1. The van der Waals surface area contributed by atoms with Crippen LogP contribution in [0.15, 0.2) is 66.2 Å². The standard InChI is InChI=1S/C19H15ClN2O4/c1-25-18(23)15-5-3-4-10-22(16(15)19(24)26-2)13-6-7-14-12(11-13)8-9-21-17(14)20/h3-11H,1-2H3. The van der Waals surface area contributed by atoms with Crippen molar-refractivity contribution in [2.45, 2.75) is 0 Å². The van der Waals surface area contributed by atoms with Crippen LogP contribution in [0.5, 0.6) is 0 Å². The summed E-state index contributed by atoms with van der Waals surface area (Å²) in [6, 6.07) is 7.24. The molecule has 0 saturated carbocycles. The number of ether oxygens (including phenoxy) is 2. The van der Waals surface area contributed by atoms with Crippen LogP contribution in [-0.2, 0) is 19.1 Å². The summed E-state index contributed by atoms with van der Waals surface area (Å²) in [5, 5.41) is 2.02. The Kier molecular flexibility index (Phi) is 5.04. The van der Waals surface area contributed by atoms with Crippen LogP contribution in [0.4, 0.5) is 5.69 Å². The molecule has 0 spiro atoms. The highest BCUT2D eigenvalue weighted by Crippen LogP contribution is 2.30. The predicted octanol–water partition coefficient (Wildman–Crippen LogP) is 3.38. The maximum absolute atomic E-state index is 12.4. The van der Waals surface area contributed by atoms with Crippen molar-refractivity contribution in [1.29, 1.82) is 0 Å². The summed E-state index contributed by atoms with van der Waals surface area (Å²) in [6.07, 6.45) is 8.14. The molecule has 132 valence electrons. The highest BCUT2D eigenvalue weighted by molar-refractivity contribution is 6.34. The third-order valence-electron chi connectivity index (χ3n) is 3.87. The Morgan fingerprint density at radius 1 is 1.08 bits per heavy atom. The van der Waals surface area contributed by atoms with Gasteiger partial charge in [-0.2, -0.15) is 0 Å². The Hall–Kier alpha value is -3.12. The molecule has 0 saturated heterocycles. The number of carbonyl (C=O) groups is 2. The minimum atomic E-state index is -0.658. The van der Waals surface area contributed by atoms with E-state index in [1.165, 1.54) is 20.3 Å². The topological polar surface area (TPSA) is 68.7 Å². The van der Waals surface area contributed by atoms with Gasteiger partial charge in [-0.3, -0.25) is 0 Å². The monoisotopic (exact) mass is 370 g/mol. The Bertz CT molecular complexity index is 979. The second-order valence-electron chi connectivity index (χ2n) is 5.32. The molecular formula is C19H15ClN2O4. The van der Waals surface area contributed by atoms with E-state index in [1.807, 2.05) is 12.1 Å². The van der Waals surface area contributed by atoms with E-state index in [0.717, 1.165) is 10.8 Å². The van der Waals surface area contributed by atoms with E-state index in [0.29, 0.717) is 10.8 Å². The summed E-state index contributed by atoms with van der Waals surface area (Å²) in [4.78, 5) is 30.2. The van der Waals surface area contributed by atoms with Gasteiger partial charge in [0.05, 0.1) is 19.8 Å². The molecule has 0 bridgehead atoms. The number of carbonyl (C=O) groups excluding carboxylic acids is 2. The second-order valence-corrected chi connectivity index (χ2v) is 5.68. The number of allylic oxidation sites excluding steroid dienone is 2. The molecule has 0 atom stereocenters. The Balaban J connectivity index is 2.20. The Morgan fingerprint density at radius 2 is 1.85 bits per heavy atom. The summed E-state index contributed by atoms with van der Waals surface area (Å²) < 4.78 is 9.69. The number of esters is 2. The zero-order valence-corrected chi connectivity index (χ0v) is 14.9. The van der Waals surface area contributed by atoms with Crippen LogP contribution in [0, 0.1) is 0 Å². The van der Waals surface area contributed by atoms with Gasteiger partial charge in [-0.05, 0) is 41.8 Å². The van der Waals surface area contributed by atoms with E-state index in [4.69, 9.17) is 21.1 Å². The van der Waals surface area contributed by atoms with Crippen LogP contribution >= 0.6 is 11.6 Å². The quantitative estimate of drug-likeness (QED) is 0.609. The fraction of sp³-hybridized carbons (Fsp3) is 0.105. The van der Waals surface area contributed by atoms with E-state index in [9.17, 15) is 9.59 Å². The second kappa shape index (κ2) is 7.41. The van der Waals surface area contributed by atoms with Gasteiger partial charge >= 0.3 is 11.9 Å². The summed E-state index contributed by atoms with van der Waals surface area (Å²) in [5.41, 5.74) is 0.808. The molecule has 0 aliphatic carbocycles. The number of hydrogen-bond acceptors (Lipinski definition) is 6. The zero-order chi connectivity index (χ0) is 18.7. The van der Waals surface area contributed by atoms with Gasteiger partial charge in [0.15, 0.2) is 0 Å². The number of halogens is 1. The molecule has 3 rings (SSSR count). The maximum Gasteiger partial charge on any atom is 0.355 e. The smallest absolute Gasteiger partial charge is 0.355 e. The third kappa shape index (κ3) is 3.19. The summed E-state index contributed by atoms with van der Waals surface area (Å²) in [5.74, 6) is -1.29. The van der Waals surface area contributed by atoms with Crippen LogP contribution in [0.25, 0.3) is 10.8 Å². The fourth-order valence-corrected chi connectivity index (χ4v) is 2.87. The maximum atomic E-state index is 12.4. The summed E-state index contributed by atoms with van der Waals surface area (Å²) in [7, 11) is 2.51. The molecule has 0 fully saturated rings. The van der Waals surface area contributed by atoms with Crippen molar-refractivity contribution in [3.63, 3.8) is 0 Å². The van der Waals surface area contributed by atoms with Crippen LogP contribution in [0.2, 0.25) is 5.15 Å². The lowest BCUT2D eigenvalue weighted by atomic mass is 10.1. The number of nitrogens with zero attached hydrogens (tertiary/aromatic N) is 2. The molecule has 7 heteroatoms. The van der Waals surface area contributed by atoms with Gasteiger partial charge in [-0.15, -0.1) is 0 Å². The molecule has 2 heterocycles. The number of pyridine rings is 1. The molecule has 6 nitrogen and oxygen atoms in total. The SMILES string of the molecule is COC(=O)C1=C(C(=O)OC)N(c2ccc3c(Cl)nccc3c2)C=CC=C1. The summed E-state index contributed by atoms with van der Waals surface area (Å²) in [6.45, 7) is 0. The lowest BCUT2D eigenvalue weighted by molar-refractivity contribution is -0.139. The van der Waals surface area contributed by atoms with Crippen molar-refractivity contribution in [1.82, 2.24) is 4.98 Å². The minimum absolute atomic E-state index is 0.0591. The fourth-order valence-electron chi connectivity index (χ4n) is 2.64. The zero-order valence-electron chi connectivity index (χ0n) is 14.1. The molecule has 0 unspecified atom stereocenters. The average molecular weight is 371 g/mol. The molecule has 0 N–H and O–H groups in total. The normalized spacial score (nSPS) is 13.7. The number of methoxy groups -OCH3 is 2. The lowest BCUT2D eigenvalue weighted by Gasteiger charge is -2.23. The number of benzene rings is 1. The van der Waals surface area contributed by atoms with Crippen molar-refractivity contribution >= 4 is 40.0 Å². The molecular weight excluding hydrogens is 356 g/mol. The van der Waals surface area contributed by atoms with Gasteiger partial charge in [-0.25, -0.2) is 14.6 Å². The molecule has 1 aromatic heterocycles.